The Morgan fingerprint density at radius 3 is 2.72 bits per heavy atom. The summed E-state index contributed by atoms with van der Waals surface area (Å²) in [7, 11) is 0. The summed E-state index contributed by atoms with van der Waals surface area (Å²) in [5, 5.41) is 13.7. The largest absolute Gasteiger partial charge is 0.492 e. The zero-order valence-electron chi connectivity index (χ0n) is 17.7. The van der Waals surface area contributed by atoms with Gasteiger partial charge < -0.3 is 14.6 Å². The van der Waals surface area contributed by atoms with Gasteiger partial charge in [0.15, 0.2) is 5.16 Å². The highest BCUT2D eigenvalue weighted by Gasteiger charge is 2.25. The predicted molar refractivity (Wildman–Crippen MR) is 129 cm³/mol. The molecule has 0 fully saturated rings. The minimum atomic E-state index is -0.490. The number of carbonyl (C=O) groups is 1. The third-order valence-corrected chi connectivity index (χ3v) is 6.95. The summed E-state index contributed by atoms with van der Waals surface area (Å²) >= 11 is 3.13. The quantitative estimate of drug-likeness (QED) is 0.316. The van der Waals surface area contributed by atoms with E-state index >= 15 is 0 Å². The minimum Gasteiger partial charge on any atom is -0.492 e. The number of hydrogen-bond donors (Lipinski definition) is 1. The summed E-state index contributed by atoms with van der Waals surface area (Å²) in [6, 6.07) is 21.4. The molecule has 2 aromatic heterocycles. The highest BCUT2D eigenvalue weighted by atomic mass is 32.2. The van der Waals surface area contributed by atoms with E-state index in [4.69, 9.17) is 4.74 Å². The van der Waals surface area contributed by atoms with Gasteiger partial charge >= 0.3 is 0 Å². The second-order valence-corrected chi connectivity index (χ2v) is 9.07. The molecule has 2 heterocycles. The van der Waals surface area contributed by atoms with Crippen molar-refractivity contribution >= 4 is 34.7 Å². The van der Waals surface area contributed by atoms with Crippen LogP contribution in [0.15, 0.2) is 83.6 Å². The summed E-state index contributed by atoms with van der Waals surface area (Å²) in [4.78, 5) is 14.7. The van der Waals surface area contributed by atoms with E-state index < -0.39 is 5.25 Å². The molecule has 8 heteroatoms. The van der Waals surface area contributed by atoms with Crippen LogP contribution < -0.4 is 10.1 Å². The number of carbonyl (C=O) groups excluding carboxylic acids is 1. The normalized spacial score (nSPS) is 11.8. The van der Waals surface area contributed by atoms with E-state index in [1.165, 1.54) is 16.6 Å². The number of nitrogens with zero attached hydrogens (tertiary/aromatic N) is 3. The first-order chi connectivity index (χ1) is 15.7. The summed E-state index contributed by atoms with van der Waals surface area (Å²) < 4.78 is 7.67. The molecule has 0 aliphatic carbocycles. The fourth-order valence-corrected chi connectivity index (χ4v) is 4.97. The molecule has 0 bridgehead atoms. The molecule has 6 nitrogen and oxygen atoms in total. The third-order valence-electron chi connectivity index (χ3n) is 4.77. The molecule has 0 aliphatic heterocycles. The molecule has 1 unspecified atom stereocenters. The maximum absolute atomic E-state index is 13.4. The number of benzene rings is 2. The van der Waals surface area contributed by atoms with E-state index in [0.717, 1.165) is 18.5 Å². The summed E-state index contributed by atoms with van der Waals surface area (Å²) in [6.07, 6.45) is 2.62. The van der Waals surface area contributed by atoms with Crippen molar-refractivity contribution in [3.05, 3.63) is 88.9 Å². The van der Waals surface area contributed by atoms with Crippen LogP contribution in [0.5, 0.6) is 5.75 Å². The molecule has 164 valence electrons. The third kappa shape index (κ3) is 5.57. The van der Waals surface area contributed by atoms with Gasteiger partial charge in [-0.3, -0.25) is 4.79 Å². The molecule has 4 rings (SSSR count). The monoisotopic (exact) mass is 464 g/mol. The van der Waals surface area contributed by atoms with Crippen molar-refractivity contribution in [1.82, 2.24) is 14.8 Å². The predicted octanol–water partition coefficient (Wildman–Crippen LogP) is 5.45. The number of anilines is 1. The van der Waals surface area contributed by atoms with Gasteiger partial charge in [0.05, 0.1) is 12.3 Å². The van der Waals surface area contributed by atoms with Crippen LogP contribution in [-0.2, 0) is 17.8 Å². The Bertz CT molecular complexity index is 1130. The lowest BCUT2D eigenvalue weighted by atomic mass is 10.1. The Morgan fingerprint density at radius 1 is 1.12 bits per heavy atom. The minimum absolute atomic E-state index is 0.138. The molecule has 1 amide bonds. The van der Waals surface area contributed by atoms with Crippen molar-refractivity contribution in [2.24, 2.45) is 0 Å². The van der Waals surface area contributed by atoms with Crippen LogP contribution in [0.2, 0.25) is 0 Å². The first-order valence-electron chi connectivity index (χ1n) is 10.4. The number of para-hydroxylation sites is 2. The van der Waals surface area contributed by atoms with E-state index in [2.05, 4.69) is 33.0 Å². The standard InChI is InChI=1S/C24H24N4O2S2/c1-2-30-21-13-7-6-12-20(21)26-23(29)22(18-9-4-3-5-10-18)32-24-27-25-17-28(24)15-14-19-11-8-16-31-19/h3-13,16-17,22H,2,14-15H2,1H3,(H,26,29). The van der Waals surface area contributed by atoms with Crippen molar-refractivity contribution < 1.29 is 9.53 Å². The fourth-order valence-electron chi connectivity index (χ4n) is 3.23. The lowest BCUT2D eigenvalue weighted by Crippen LogP contribution is -2.20. The Hall–Kier alpha value is -3.10. The molecule has 0 saturated heterocycles. The smallest absolute Gasteiger partial charge is 0.242 e. The summed E-state index contributed by atoms with van der Waals surface area (Å²) in [5.74, 6) is 0.514. The van der Waals surface area contributed by atoms with Gasteiger partial charge in [0, 0.05) is 11.4 Å². The molecule has 2 aromatic carbocycles. The van der Waals surface area contributed by atoms with Gasteiger partial charge in [-0.05, 0) is 42.5 Å². The number of aryl methyl sites for hydroxylation is 2. The van der Waals surface area contributed by atoms with Crippen LogP contribution in [0.1, 0.15) is 22.6 Å². The van der Waals surface area contributed by atoms with Crippen molar-refractivity contribution in [3.63, 3.8) is 0 Å². The van der Waals surface area contributed by atoms with E-state index in [1.807, 2.05) is 66.1 Å². The van der Waals surface area contributed by atoms with E-state index in [0.29, 0.717) is 23.2 Å². The van der Waals surface area contributed by atoms with Crippen LogP contribution in [0.25, 0.3) is 0 Å². The van der Waals surface area contributed by atoms with Gasteiger partial charge in [0.2, 0.25) is 5.91 Å². The average Bonchev–Trinajstić information content (AvgIpc) is 3.50. The van der Waals surface area contributed by atoms with E-state index in [9.17, 15) is 4.79 Å². The SMILES string of the molecule is CCOc1ccccc1NC(=O)C(Sc1nncn1CCc1cccs1)c1ccccc1. The molecular formula is C24H24N4O2S2. The van der Waals surface area contributed by atoms with E-state index in [-0.39, 0.29) is 5.91 Å². The molecule has 0 spiro atoms. The first kappa shape index (κ1) is 22.1. The number of aromatic nitrogens is 3. The lowest BCUT2D eigenvalue weighted by Gasteiger charge is -2.18. The van der Waals surface area contributed by atoms with Gasteiger partial charge in [-0.2, -0.15) is 0 Å². The molecule has 1 N–H and O–H groups in total. The average molecular weight is 465 g/mol. The Morgan fingerprint density at radius 2 is 1.94 bits per heavy atom. The van der Waals surface area contributed by atoms with Crippen LogP contribution in [0.3, 0.4) is 0 Å². The fraction of sp³-hybridized carbons (Fsp3) is 0.208. The summed E-state index contributed by atoms with van der Waals surface area (Å²) in [6.45, 7) is 3.20. The van der Waals surface area contributed by atoms with Gasteiger partial charge in [0.1, 0.15) is 17.3 Å². The molecule has 0 aliphatic rings. The molecule has 0 radical (unpaired) electrons. The van der Waals surface area contributed by atoms with Gasteiger partial charge in [-0.1, -0.05) is 60.3 Å². The second kappa shape index (κ2) is 11.0. The molecule has 0 saturated carbocycles. The molecule has 4 aromatic rings. The number of ether oxygens (including phenoxy) is 1. The Balaban J connectivity index is 1.55. The number of hydrogen-bond acceptors (Lipinski definition) is 6. The number of thioether (sulfide) groups is 1. The maximum atomic E-state index is 13.4. The number of rotatable bonds is 10. The highest BCUT2D eigenvalue weighted by Crippen LogP contribution is 2.36. The van der Waals surface area contributed by atoms with Crippen molar-refractivity contribution in [2.75, 3.05) is 11.9 Å². The van der Waals surface area contributed by atoms with E-state index in [1.54, 1.807) is 17.7 Å². The van der Waals surface area contributed by atoms with Gasteiger partial charge in [-0.25, -0.2) is 0 Å². The van der Waals surface area contributed by atoms with Gasteiger partial charge in [0.25, 0.3) is 0 Å². The zero-order valence-corrected chi connectivity index (χ0v) is 19.3. The van der Waals surface area contributed by atoms with Crippen molar-refractivity contribution in [2.45, 2.75) is 30.3 Å². The number of thiophene rings is 1. The van der Waals surface area contributed by atoms with Gasteiger partial charge in [-0.15, -0.1) is 21.5 Å². The Kier molecular flexibility index (Phi) is 7.58. The number of amides is 1. The maximum Gasteiger partial charge on any atom is 0.242 e. The van der Waals surface area contributed by atoms with Crippen LogP contribution in [0, 0.1) is 0 Å². The summed E-state index contributed by atoms with van der Waals surface area (Å²) in [5.41, 5.74) is 1.55. The van der Waals surface area contributed by atoms with Crippen molar-refractivity contribution in [1.29, 1.82) is 0 Å². The first-order valence-corrected chi connectivity index (χ1v) is 12.1. The van der Waals surface area contributed by atoms with Crippen LogP contribution >= 0.6 is 23.1 Å². The van der Waals surface area contributed by atoms with Crippen LogP contribution in [0.4, 0.5) is 5.69 Å². The second-order valence-electron chi connectivity index (χ2n) is 6.96. The zero-order chi connectivity index (χ0) is 22.2. The van der Waals surface area contributed by atoms with Crippen LogP contribution in [-0.4, -0.2) is 27.3 Å². The number of nitrogens with one attached hydrogen (secondary N) is 1. The topological polar surface area (TPSA) is 69.0 Å². The molecule has 32 heavy (non-hydrogen) atoms. The lowest BCUT2D eigenvalue weighted by molar-refractivity contribution is -0.115. The molecule has 1 atom stereocenters. The highest BCUT2D eigenvalue weighted by molar-refractivity contribution is 8.00. The van der Waals surface area contributed by atoms with Crippen molar-refractivity contribution in [3.8, 4) is 5.75 Å². The Labute approximate surface area is 195 Å². The molecular weight excluding hydrogens is 440 g/mol.